The molecule has 0 bridgehead atoms. The van der Waals surface area contributed by atoms with Crippen molar-refractivity contribution in [1.82, 2.24) is 9.78 Å². The molecule has 0 aliphatic rings. The van der Waals surface area contributed by atoms with E-state index in [0.717, 1.165) is 11.3 Å². The van der Waals surface area contributed by atoms with Gasteiger partial charge < -0.3 is 5.32 Å². The van der Waals surface area contributed by atoms with E-state index in [1.54, 1.807) is 16.8 Å². The Morgan fingerprint density at radius 3 is 2.88 bits per heavy atom. The summed E-state index contributed by atoms with van der Waals surface area (Å²) in [6.45, 7) is 2.00. The minimum Gasteiger partial charge on any atom is -0.325 e. The Balaban J connectivity index is 1.66. The van der Waals surface area contributed by atoms with Crippen molar-refractivity contribution in [3.05, 3.63) is 63.9 Å². The van der Waals surface area contributed by atoms with Crippen molar-refractivity contribution < 1.29 is 9.18 Å². The average Bonchev–Trinajstić information content (AvgIpc) is 2.94. The molecule has 3 rings (SSSR count). The average molecular weight is 392 g/mol. The van der Waals surface area contributed by atoms with Gasteiger partial charge in [0.05, 0.1) is 11.4 Å². The number of rotatable bonds is 5. The number of nitrogens with zero attached hydrogens (tertiary/aromatic N) is 2. The number of anilines is 1. The minimum absolute atomic E-state index is 0.173. The van der Waals surface area contributed by atoms with Gasteiger partial charge in [-0.3, -0.25) is 4.79 Å². The van der Waals surface area contributed by atoms with Crippen LogP contribution in [0.15, 0.2) is 52.9 Å². The normalized spacial score (nSPS) is 10.6. The van der Waals surface area contributed by atoms with E-state index in [-0.39, 0.29) is 17.5 Å². The molecule has 0 atom stereocenters. The predicted molar refractivity (Wildman–Crippen MR) is 103 cm³/mol. The smallest absolute Gasteiger partial charge is 0.234 e. The molecule has 2 aromatic carbocycles. The van der Waals surface area contributed by atoms with Crippen molar-refractivity contribution in [2.24, 2.45) is 0 Å². The van der Waals surface area contributed by atoms with Crippen molar-refractivity contribution in [3.63, 3.8) is 0 Å². The lowest BCUT2D eigenvalue weighted by molar-refractivity contribution is -0.113. The summed E-state index contributed by atoms with van der Waals surface area (Å²) in [7, 11) is 0. The van der Waals surface area contributed by atoms with Crippen molar-refractivity contribution in [2.45, 2.75) is 11.3 Å². The third-order valence-corrected chi connectivity index (χ3v) is 5.67. The molecular weight excluding hydrogens is 377 g/mol. The molecule has 0 unspecified atom stereocenters. The molecule has 0 saturated carbocycles. The first-order valence-electron chi connectivity index (χ1n) is 7.37. The molecule has 4 nitrogen and oxygen atoms in total. The third kappa shape index (κ3) is 4.53. The van der Waals surface area contributed by atoms with Crippen LogP contribution in [0, 0.1) is 16.7 Å². The number of thioether (sulfide) groups is 1. The van der Waals surface area contributed by atoms with Gasteiger partial charge in [0.1, 0.15) is 5.82 Å². The number of benzene rings is 2. The minimum atomic E-state index is -0.389. The molecular formula is C17H14FN3OS3. The van der Waals surface area contributed by atoms with Crippen LogP contribution in [0.1, 0.15) is 5.56 Å². The van der Waals surface area contributed by atoms with E-state index in [0.29, 0.717) is 14.0 Å². The van der Waals surface area contributed by atoms with Crippen LogP contribution in [-0.2, 0) is 4.79 Å². The summed E-state index contributed by atoms with van der Waals surface area (Å²) in [5, 5.41) is 7.15. The van der Waals surface area contributed by atoms with Crippen LogP contribution < -0.4 is 5.32 Å². The first-order chi connectivity index (χ1) is 12.0. The fraction of sp³-hybridized carbons (Fsp3) is 0.118. The number of halogens is 1. The third-order valence-electron chi connectivity index (χ3n) is 3.31. The van der Waals surface area contributed by atoms with E-state index in [1.165, 1.54) is 35.2 Å². The maximum atomic E-state index is 13.1. The van der Waals surface area contributed by atoms with Gasteiger partial charge in [-0.15, -0.1) is 5.10 Å². The summed E-state index contributed by atoms with van der Waals surface area (Å²) in [4.78, 5) is 12.0. The van der Waals surface area contributed by atoms with Gasteiger partial charge in [-0.2, -0.15) is 0 Å². The maximum Gasteiger partial charge on any atom is 0.234 e. The molecule has 1 amide bonds. The van der Waals surface area contributed by atoms with E-state index in [2.05, 4.69) is 10.4 Å². The van der Waals surface area contributed by atoms with Gasteiger partial charge in [0.2, 0.25) is 5.91 Å². The second-order valence-corrected chi connectivity index (χ2v) is 8.02. The largest absolute Gasteiger partial charge is 0.325 e. The van der Waals surface area contributed by atoms with Crippen LogP contribution in [0.5, 0.6) is 0 Å². The summed E-state index contributed by atoms with van der Waals surface area (Å²) >= 11 is 8.04. The highest BCUT2D eigenvalue weighted by molar-refractivity contribution is 8.01. The lowest BCUT2D eigenvalue weighted by Gasteiger charge is -2.05. The summed E-state index contributed by atoms with van der Waals surface area (Å²) in [6, 6.07) is 13.6. The molecule has 1 N–H and O–H groups in total. The molecule has 0 fully saturated rings. The van der Waals surface area contributed by atoms with Gasteiger partial charge in [-0.05, 0) is 49.0 Å². The first-order valence-corrected chi connectivity index (χ1v) is 9.58. The van der Waals surface area contributed by atoms with Gasteiger partial charge in [0.15, 0.2) is 8.29 Å². The number of hydrogen-bond acceptors (Lipinski definition) is 5. The number of hydrogen-bond donors (Lipinski definition) is 1. The van der Waals surface area contributed by atoms with Crippen LogP contribution >= 0.6 is 35.3 Å². The fourth-order valence-corrected chi connectivity index (χ4v) is 4.31. The Kier molecular flexibility index (Phi) is 5.62. The van der Waals surface area contributed by atoms with Gasteiger partial charge >= 0.3 is 0 Å². The fourth-order valence-electron chi connectivity index (χ4n) is 2.16. The number of aryl methyl sites for hydroxylation is 1. The standard InChI is InChI=1S/C17H14FN3OS3/c1-11-5-2-3-8-14(11)21-17(23)25-16(20-21)24-10-15(22)19-13-7-4-6-12(18)9-13/h2-9H,10H2,1H3,(H,19,22). The second kappa shape index (κ2) is 7.90. The van der Waals surface area contributed by atoms with Crippen molar-refractivity contribution in [2.75, 3.05) is 11.1 Å². The zero-order chi connectivity index (χ0) is 17.8. The molecule has 1 heterocycles. The van der Waals surface area contributed by atoms with Crippen molar-refractivity contribution in [3.8, 4) is 5.69 Å². The zero-order valence-electron chi connectivity index (χ0n) is 13.2. The highest BCUT2D eigenvalue weighted by atomic mass is 32.2. The Labute approximate surface area is 157 Å². The molecule has 3 aromatic rings. The number of carbonyl (C=O) groups excluding carboxylic acids is 1. The number of amides is 1. The number of aromatic nitrogens is 2. The lowest BCUT2D eigenvalue weighted by Crippen LogP contribution is -2.14. The van der Waals surface area contributed by atoms with E-state index in [4.69, 9.17) is 12.2 Å². The van der Waals surface area contributed by atoms with Gasteiger partial charge in [0.25, 0.3) is 0 Å². The highest BCUT2D eigenvalue weighted by Gasteiger charge is 2.10. The summed E-state index contributed by atoms with van der Waals surface area (Å²) < 4.78 is 16.2. The molecule has 0 aliphatic heterocycles. The van der Waals surface area contributed by atoms with E-state index in [1.807, 2.05) is 31.2 Å². The predicted octanol–water partition coefficient (Wildman–Crippen LogP) is 4.84. The molecule has 1 aromatic heterocycles. The second-order valence-electron chi connectivity index (χ2n) is 5.18. The Morgan fingerprint density at radius 2 is 2.12 bits per heavy atom. The van der Waals surface area contributed by atoms with Gasteiger partial charge in [-0.25, -0.2) is 9.07 Å². The Hall–Kier alpha value is -2.03. The van der Waals surface area contributed by atoms with E-state index >= 15 is 0 Å². The van der Waals surface area contributed by atoms with Crippen molar-refractivity contribution >= 4 is 46.9 Å². The monoisotopic (exact) mass is 391 g/mol. The van der Waals surface area contributed by atoms with Crippen LogP contribution in [0.2, 0.25) is 0 Å². The van der Waals surface area contributed by atoms with Gasteiger partial charge in [-0.1, -0.05) is 47.4 Å². The van der Waals surface area contributed by atoms with E-state index < -0.39 is 0 Å². The van der Waals surface area contributed by atoms with Gasteiger partial charge in [0, 0.05) is 5.69 Å². The van der Waals surface area contributed by atoms with Crippen LogP contribution in [0.3, 0.4) is 0 Å². The van der Waals surface area contributed by atoms with Crippen molar-refractivity contribution in [1.29, 1.82) is 0 Å². The molecule has 25 heavy (non-hydrogen) atoms. The number of para-hydroxylation sites is 1. The first kappa shape index (κ1) is 17.8. The van der Waals surface area contributed by atoms with E-state index in [9.17, 15) is 9.18 Å². The van der Waals surface area contributed by atoms with Crippen LogP contribution in [0.25, 0.3) is 5.69 Å². The summed E-state index contributed by atoms with van der Waals surface area (Å²) in [5.74, 6) is -0.438. The molecule has 8 heteroatoms. The Morgan fingerprint density at radius 1 is 1.32 bits per heavy atom. The SMILES string of the molecule is Cc1ccccc1-n1nc(SCC(=O)Nc2cccc(F)c2)sc1=S. The maximum absolute atomic E-state index is 13.1. The zero-order valence-corrected chi connectivity index (χ0v) is 15.7. The Bertz CT molecular complexity index is 968. The lowest BCUT2D eigenvalue weighted by atomic mass is 10.2. The van der Waals surface area contributed by atoms with Crippen LogP contribution in [-0.4, -0.2) is 21.4 Å². The molecule has 0 radical (unpaired) electrons. The summed E-state index contributed by atoms with van der Waals surface area (Å²) in [5.41, 5.74) is 2.44. The molecule has 128 valence electrons. The highest BCUT2D eigenvalue weighted by Crippen LogP contribution is 2.25. The topological polar surface area (TPSA) is 46.9 Å². The quantitative estimate of drug-likeness (QED) is 0.499. The number of carbonyl (C=O) groups is 1. The molecule has 0 spiro atoms. The number of nitrogens with one attached hydrogen (secondary N) is 1. The van der Waals surface area contributed by atoms with Crippen LogP contribution in [0.4, 0.5) is 10.1 Å². The molecule has 0 saturated heterocycles. The summed E-state index contributed by atoms with van der Waals surface area (Å²) in [6.07, 6.45) is 0. The molecule has 0 aliphatic carbocycles.